The average Bonchev–Trinajstić information content (AvgIpc) is 3.22. The van der Waals surface area contributed by atoms with Crippen LogP contribution in [0.4, 0.5) is 5.95 Å². The number of anilines is 1. The van der Waals surface area contributed by atoms with E-state index in [9.17, 15) is 4.79 Å². The number of benzene rings is 2. The zero-order chi connectivity index (χ0) is 21.5. The Bertz CT molecular complexity index is 1040. The fourth-order valence-corrected chi connectivity index (χ4v) is 3.99. The van der Waals surface area contributed by atoms with Crippen LogP contribution < -0.4 is 9.64 Å². The van der Waals surface area contributed by atoms with Crippen LogP contribution in [0.2, 0.25) is 5.02 Å². The Morgan fingerprint density at radius 3 is 2.23 bits per heavy atom. The third-order valence-corrected chi connectivity index (χ3v) is 5.69. The fourth-order valence-electron chi connectivity index (χ4n) is 3.86. The number of hydrogen-bond donors (Lipinski definition) is 0. The monoisotopic (exact) mass is 424 g/mol. The molecule has 0 radical (unpaired) electrons. The molecule has 1 aromatic heterocycles. The second kappa shape index (κ2) is 7.76. The lowest BCUT2D eigenvalue weighted by molar-refractivity contribution is -0.126. The highest BCUT2D eigenvalue weighted by Crippen LogP contribution is 2.43. The van der Waals surface area contributed by atoms with Gasteiger partial charge in [-0.15, -0.1) is 0 Å². The Balaban J connectivity index is 1.83. The Morgan fingerprint density at radius 2 is 1.63 bits per heavy atom. The first-order valence-electron chi connectivity index (χ1n) is 9.92. The van der Waals surface area contributed by atoms with E-state index in [-0.39, 0.29) is 18.0 Å². The summed E-state index contributed by atoms with van der Waals surface area (Å²) >= 11 is 6.12. The first-order valence-corrected chi connectivity index (χ1v) is 10.3. The number of hydrogen-bond acceptors (Lipinski definition) is 4. The molecular weight excluding hydrogens is 400 g/mol. The number of fused-ring (bicyclic) bond motifs is 1. The molecule has 2 atom stereocenters. The third-order valence-electron chi connectivity index (χ3n) is 5.44. The van der Waals surface area contributed by atoms with Crippen LogP contribution in [0.3, 0.4) is 0 Å². The van der Waals surface area contributed by atoms with E-state index in [2.05, 4.69) is 10.1 Å². The first-order chi connectivity index (χ1) is 14.3. The number of carbonyl (C=O) groups is 1. The molecule has 0 saturated heterocycles. The van der Waals surface area contributed by atoms with E-state index in [0.717, 1.165) is 16.9 Å². The van der Waals surface area contributed by atoms with Crippen molar-refractivity contribution in [2.75, 3.05) is 12.0 Å². The van der Waals surface area contributed by atoms with Crippen molar-refractivity contribution in [1.29, 1.82) is 0 Å². The molecular formula is C23H25ClN4O2. The normalized spacial score (nSPS) is 18.8. The highest BCUT2D eigenvalue weighted by molar-refractivity contribution is 6.30. The van der Waals surface area contributed by atoms with E-state index in [1.54, 1.807) is 12.0 Å². The van der Waals surface area contributed by atoms with Gasteiger partial charge in [0.1, 0.15) is 12.1 Å². The molecule has 4 rings (SSSR count). The topological polar surface area (TPSA) is 60.2 Å². The van der Waals surface area contributed by atoms with Gasteiger partial charge in [0.2, 0.25) is 11.9 Å². The molecule has 0 bridgehead atoms. The molecule has 7 heteroatoms. The van der Waals surface area contributed by atoms with Gasteiger partial charge in [0.25, 0.3) is 0 Å². The van der Waals surface area contributed by atoms with Gasteiger partial charge in [0, 0.05) is 10.4 Å². The Morgan fingerprint density at radius 1 is 1.03 bits per heavy atom. The second-order valence-corrected chi connectivity index (χ2v) is 8.96. The number of ether oxygens (including phenoxy) is 1. The number of aromatic nitrogens is 3. The zero-order valence-corrected chi connectivity index (χ0v) is 18.3. The maximum atomic E-state index is 13.5. The molecule has 1 aliphatic rings. The van der Waals surface area contributed by atoms with Crippen LogP contribution >= 0.6 is 11.6 Å². The highest BCUT2D eigenvalue weighted by Gasteiger charge is 2.42. The van der Waals surface area contributed by atoms with Crippen LogP contribution in [0.15, 0.2) is 54.9 Å². The van der Waals surface area contributed by atoms with Crippen LogP contribution in [-0.2, 0) is 4.79 Å². The summed E-state index contributed by atoms with van der Waals surface area (Å²) in [5, 5.41) is 5.14. The molecule has 156 valence electrons. The lowest BCUT2D eigenvalue weighted by Gasteiger charge is -2.41. The number of nitrogens with zero attached hydrogens (tertiary/aromatic N) is 4. The third kappa shape index (κ3) is 3.67. The van der Waals surface area contributed by atoms with E-state index >= 15 is 0 Å². The largest absolute Gasteiger partial charge is 0.497 e. The molecule has 0 aliphatic carbocycles. The van der Waals surface area contributed by atoms with Gasteiger partial charge < -0.3 is 4.74 Å². The van der Waals surface area contributed by atoms with Gasteiger partial charge in [-0.3, -0.25) is 9.69 Å². The molecule has 0 fully saturated rings. The van der Waals surface area contributed by atoms with Crippen LogP contribution in [0.5, 0.6) is 5.75 Å². The van der Waals surface area contributed by atoms with Crippen molar-refractivity contribution in [2.45, 2.75) is 39.3 Å². The quantitative estimate of drug-likeness (QED) is 0.590. The van der Waals surface area contributed by atoms with E-state index in [1.807, 2.05) is 74.0 Å². The second-order valence-electron chi connectivity index (χ2n) is 8.52. The van der Waals surface area contributed by atoms with Gasteiger partial charge in [-0.2, -0.15) is 10.1 Å². The maximum Gasteiger partial charge on any atom is 0.235 e. The molecule has 6 nitrogen and oxygen atoms in total. The van der Waals surface area contributed by atoms with Crippen molar-refractivity contribution >= 4 is 23.5 Å². The number of methoxy groups -OCH3 is 1. The van der Waals surface area contributed by atoms with Crippen molar-refractivity contribution < 1.29 is 9.53 Å². The SMILES string of the molecule is COc1ccc(C2CC(c3ccc(Cl)cc3)N(C(=O)C(C)(C)C)c3ncnn32)cc1. The summed E-state index contributed by atoms with van der Waals surface area (Å²) < 4.78 is 7.14. The van der Waals surface area contributed by atoms with Crippen molar-refractivity contribution in [3.63, 3.8) is 0 Å². The molecule has 1 aliphatic heterocycles. The summed E-state index contributed by atoms with van der Waals surface area (Å²) in [6, 6.07) is 15.4. The van der Waals surface area contributed by atoms with Gasteiger partial charge in [-0.25, -0.2) is 4.68 Å². The maximum absolute atomic E-state index is 13.5. The molecule has 2 unspecified atom stereocenters. The van der Waals surface area contributed by atoms with E-state index in [1.165, 1.54) is 6.33 Å². The zero-order valence-electron chi connectivity index (χ0n) is 17.5. The van der Waals surface area contributed by atoms with E-state index in [4.69, 9.17) is 16.3 Å². The summed E-state index contributed by atoms with van der Waals surface area (Å²) in [6.07, 6.45) is 2.19. The summed E-state index contributed by atoms with van der Waals surface area (Å²) in [6.45, 7) is 5.76. The highest BCUT2D eigenvalue weighted by atomic mass is 35.5. The van der Waals surface area contributed by atoms with Crippen molar-refractivity contribution in [3.05, 3.63) is 71.0 Å². The van der Waals surface area contributed by atoms with Gasteiger partial charge in [-0.05, 0) is 41.8 Å². The Labute approximate surface area is 181 Å². The minimum atomic E-state index is -0.561. The van der Waals surface area contributed by atoms with E-state index in [0.29, 0.717) is 17.4 Å². The van der Waals surface area contributed by atoms with Gasteiger partial charge in [0.15, 0.2) is 0 Å². The molecule has 3 aromatic rings. The molecule has 1 amide bonds. The lowest BCUT2D eigenvalue weighted by atomic mass is 9.88. The van der Waals surface area contributed by atoms with Crippen molar-refractivity contribution in [3.8, 4) is 5.75 Å². The molecule has 0 N–H and O–H groups in total. The molecule has 0 spiro atoms. The standard InChI is InChI=1S/C23H25ClN4O2/c1-23(2,3)21(29)27-19(15-5-9-17(24)10-6-15)13-20(28-22(27)25-14-26-28)16-7-11-18(30-4)12-8-16/h5-12,14,19-20H,13H2,1-4H3. The van der Waals surface area contributed by atoms with E-state index < -0.39 is 5.41 Å². The Kier molecular flexibility index (Phi) is 5.28. The first kappa shape index (κ1) is 20.4. The predicted molar refractivity (Wildman–Crippen MR) is 117 cm³/mol. The number of carbonyl (C=O) groups excluding carboxylic acids is 1. The molecule has 2 aromatic carbocycles. The van der Waals surface area contributed by atoms with Crippen LogP contribution in [0.25, 0.3) is 0 Å². The molecule has 0 saturated carbocycles. The molecule has 2 heterocycles. The summed E-state index contributed by atoms with van der Waals surface area (Å²) in [7, 11) is 1.65. The Hall–Kier alpha value is -2.86. The predicted octanol–water partition coefficient (Wildman–Crippen LogP) is 5.05. The van der Waals surface area contributed by atoms with Crippen LogP contribution in [0.1, 0.15) is 50.4 Å². The smallest absolute Gasteiger partial charge is 0.235 e. The summed E-state index contributed by atoms with van der Waals surface area (Å²) in [4.78, 5) is 19.7. The van der Waals surface area contributed by atoms with Crippen molar-refractivity contribution in [1.82, 2.24) is 14.8 Å². The van der Waals surface area contributed by atoms with Gasteiger partial charge >= 0.3 is 0 Å². The minimum Gasteiger partial charge on any atom is -0.497 e. The number of halogens is 1. The summed E-state index contributed by atoms with van der Waals surface area (Å²) in [5.74, 6) is 1.36. The van der Waals surface area contributed by atoms with Crippen LogP contribution in [-0.4, -0.2) is 27.8 Å². The summed E-state index contributed by atoms with van der Waals surface area (Å²) in [5.41, 5.74) is 1.54. The lowest BCUT2D eigenvalue weighted by Crippen LogP contribution is -2.47. The average molecular weight is 425 g/mol. The molecule has 30 heavy (non-hydrogen) atoms. The van der Waals surface area contributed by atoms with Gasteiger partial charge in [0.05, 0.1) is 19.2 Å². The van der Waals surface area contributed by atoms with Gasteiger partial charge in [-0.1, -0.05) is 56.6 Å². The van der Waals surface area contributed by atoms with Crippen LogP contribution in [0, 0.1) is 5.41 Å². The number of amides is 1. The number of rotatable bonds is 3. The minimum absolute atomic E-state index is 0.00452. The van der Waals surface area contributed by atoms with Crippen molar-refractivity contribution in [2.24, 2.45) is 5.41 Å². The fraction of sp³-hybridized carbons (Fsp3) is 0.348.